The number of thiazole rings is 1. The van der Waals surface area contributed by atoms with Gasteiger partial charge in [-0.1, -0.05) is 37.3 Å². The summed E-state index contributed by atoms with van der Waals surface area (Å²) in [4.78, 5) is 21.1. The van der Waals surface area contributed by atoms with E-state index in [-0.39, 0.29) is 11.7 Å². The fraction of sp³-hybridized carbons (Fsp3) is 0.500. The molecule has 1 aromatic carbocycles. The van der Waals surface area contributed by atoms with E-state index >= 15 is 0 Å². The molecule has 2 aliphatic heterocycles. The number of rotatable bonds is 5. The van der Waals surface area contributed by atoms with Gasteiger partial charge in [-0.3, -0.25) is 4.90 Å². The zero-order chi connectivity index (χ0) is 18.0. The van der Waals surface area contributed by atoms with Gasteiger partial charge in [0.1, 0.15) is 5.60 Å². The highest BCUT2D eigenvalue weighted by Crippen LogP contribution is 2.34. The maximum Gasteiger partial charge on any atom is 0.410 e. The molecule has 2 saturated heterocycles. The van der Waals surface area contributed by atoms with E-state index in [0.717, 1.165) is 38.2 Å². The molecular formula is C20H25N3O2S. The standard InChI is InChI=1S/C20H25N3O2S/c1-16(17-5-3-2-4-6-17)11-23-14-20(25-19(23)24)7-9-22(10-8-20)12-18-13-26-15-21-18/h2-6,13,15-16H,7-12,14H2,1H3/t16-/m1/s1. The molecule has 0 unspecified atom stereocenters. The van der Waals surface area contributed by atoms with Gasteiger partial charge in [-0.2, -0.15) is 0 Å². The Morgan fingerprint density at radius 1 is 1.27 bits per heavy atom. The number of likely N-dealkylation sites (tertiary alicyclic amines) is 1. The number of hydrogen-bond donors (Lipinski definition) is 0. The van der Waals surface area contributed by atoms with E-state index in [1.165, 1.54) is 5.56 Å². The van der Waals surface area contributed by atoms with Crippen molar-refractivity contribution in [1.29, 1.82) is 0 Å². The third kappa shape index (κ3) is 3.76. The van der Waals surface area contributed by atoms with Crippen LogP contribution in [0.5, 0.6) is 0 Å². The highest BCUT2D eigenvalue weighted by atomic mass is 32.1. The molecule has 26 heavy (non-hydrogen) atoms. The highest BCUT2D eigenvalue weighted by Gasteiger charge is 2.47. The number of carbonyl (C=O) groups excluding carboxylic acids is 1. The summed E-state index contributed by atoms with van der Waals surface area (Å²) >= 11 is 1.64. The van der Waals surface area contributed by atoms with E-state index in [0.29, 0.717) is 19.0 Å². The van der Waals surface area contributed by atoms with Gasteiger partial charge in [0.05, 0.1) is 17.7 Å². The molecule has 5 nitrogen and oxygen atoms in total. The Bertz CT molecular complexity index is 727. The van der Waals surface area contributed by atoms with Crippen molar-refractivity contribution in [2.75, 3.05) is 26.2 Å². The topological polar surface area (TPSA) is 45.7 Å². The molecular weight excluding hydrogens is 346 g/mol. The van der Waals surface area contributed by atoms with Gasteiger partial charge in [0.15, 0.2) is 0 Å². The van der Waals surface area contributed by atoms with Crippen LogP contribution in [0.4, 0.5) is 4.79 Å². The van der Waals surface area contributed by atoms with Crippen molar-refractivity contribution < 1.29 is 9.53 Å². The first-order chi connectivity index (χ1) is 12.6. The molecule has 4 rings (SSSR count). The van der Waals surface area contributed by atoms with Gasteiger partial charge in [-0.25, -0.2) is 9.78 Å². The van der Waals surface area contributed by atoms with Crippen molar-refractivity contribution in [2.24, 2.45) is 0 Å². The molecule has 0 aliphatic carbocycles. The van der Waals surface area contributed by atoms with E-state index in [1.807, 2.05) is 28.6 Å². The van der Waals surface area contributed by atoms with Gasteiger partial charge in [0, 0.05) is 44.4 Å². The van der Waals surface area contributed by atoms with Gasteiger partial charge < -0.3 is 9.64 Å². The molecule has 2 aliphatic rings. The predicted molar refractivity (Wildman–Crippen MR) is 102 cm³/mol. The van der Waals surface area contributed by atoms with Crippen LogP contribution in [0.3, 0.4) is 0 Å². The number of aromatic nitrogens is 1. The van der Waals surface area contributed by atoms with Crippen LogP contribution in [-0.2, 0) is 11.3 Å². The summed E-state index contributed by atoms with van der Waals surface area (Å²) < 4.78 is 5.87. The largest absolute Gasteiger partial charge is 0.441 e. The molecule has 1 spiro atoms. The van der Waals surface area contributed by atoms with Crippen LogP contribution in [0, 0.1) is 0 Å². The first-order valence-corrected chi connectivity index (χ1v) is 10.2. The minimum absolute atomic E-state index is 0.152. The summed E-state index contributed by atoms with van der Waals surface area (Å²) in [6, 6.07) is 10.4. The van der Waals surface area contributed by atoms with Crippen molar-refractivity contribution in [1.82, 2.24) is 14.8 Å². The van der Waals surface area contributed by atoms with Gasteiger partial charge >= 0.3 is 6.09 Å². The molecule has 1 atom stereocenters. The normalized spacial score (nSPS) is 21.1. The number of piperidine rings is 1. The SMILES string of the molecule is C[C@H](CN1CC2(CCN(Cc3cscn3)CC2)OC1=O)c1ccccc1. The maximum atomic E-state index is 12.4. The Morgan fingerprint density at radius 3 is 2.73 bits per heavy atom. The smallest absolute Gasteiger partial charge is 0.410 e. The molecule has 0 saturated carbocycles. The third-order valence-corrected chi connectivity index (χ3v) is 6.18. The molecule has 0 N–H and O–H groups in total. The number of carbonyl (C=O) groups is 1. The summed E-state index contributed by atoms with van der Waals surface area (Å²) in [5, 5.41) is 2.10. The first-order valence-electron chi connectivity index (χ1n) is 9.26. The second kappa shape index (κ2) is 7.37. The Hall–Kier alpha value is -1.92. The van der Waals surface area contributed by atoms with Crippen LogP contribution in [0.2, 0.25) is 0 Å². The fourth-order valence-corrected chi connectivity index (χ4v) is 4.52. The Kier molecular flexibility index (Phi) is 4.96. The minimum Gasteiger partial charge on any atom is -0.441 e. The maximum absolute atomic E-state index is 12.4. The molecule has 0 bridgehead atoms. The van der Waals surface area contributed by atoms with E-state index in [4.69, 9.17) is 4.74 Å². The molecule has 6 heteroatoms. The average Bonchev–Trinajstić information content (AvgIpc) is 3.26. The lowest BCUT2D eigenvalue weighted by Crippen LogP contribution is -2.46. The number of amides is 1. The Balaban J connectivity index is 1.33. The van der Waals surface area contributed by atoms with Crippen LogP contribution in [0.25, 0.3) is 0 Å². The quantitative estimate of drug-likeness (QED) is 0.803. The zero-order valence-electron chi connectivity index (χ0n) is 15.1. The van der Waals surface area contributed by atoms with E-state index in [1.54, 1.807) is 11.3 Å². The first kappa shape index (κ1) is 17.5. The molecule has 3 heterocycles. The summed E-state index contributed by atoms with van der Waals surface area (Å²) in [6.07, 6.45) is 1.65. The molecule has 138 valence electrons. The summed E-state index contributed by atoms with van der Waals surface area (Å²) in [7, 11) is 0. The van der Waals surface area contributed by atoms with Crippen LogP contribution in [0.1, 0.15) is 36.9 Å². The number of hydrogen-bond acceptors (Lipinski definition) is 5. The lowest BCUT2D eigenvalue weighted by molar-refractivity contribution is -0.00147. The predicted octanol–water partition coefficient (Wildman–Crippen LogP) is 3.73. The summed E-state index contributed by atoms with van der Waals surface area (Å²) in [5.74, 6) is 0.309. The van der Waals surface area contributed by atoms with E-state index in [2.05, 4.69) is 34.3 Å². The van der Waals surface area contributed by atoms with Crippen LogP contribution >= 0.6 is 11.3 Å². The number of ether oxygens (including phenoxy) is 1. The Morgan fingerprint density at radius 2 is 2.04 bits per heavy atom. The van der Waals surface area contributed by atoms with E-state index < -0.39 is 0 Å². The lowest BCUT2D eigenvalue weighted by Gasteiger charge is -2.37. The Labute approximate surface area is 158 Å². The lowest BCUT2D eigenvalue weighted by atomic mass is 9.91. The highest BCUT2D eigenvalue weighted by molar-refractivity contribution is 7.07. The molecule has 1 amide bonds. The number of benzene rings is 1. The molecule has 2 fully saturated rings. The average molecular weight is 372 g/mol. The molecule has 2 aromatic rings. The van der Waals surface area contributed by atoms with E-state index in [9.17, 15) is 4.79 Å². The van der Waals surface area contributed by atoms with Gasteiger partial charge in [0.25, 0.3) is 0 Å². The van der Waals surface area contributed by atoms with Gasteiger partial charge in [0.2, 0.25) is 0 Å². The third-order valence-electron chi connectivity index (χ3n) is 5.54. The molecule has 1 aromatic heterocycles. The van der Waals surface area contributed by atoms with Crippen LogP contribution in [-0.4, -0.2) is 52.7 Å². The van der Waals surface area contributed by atoms with Crippen molar-refractivity contribution in [2.45, 2.75) is 37.8 Å². The summed E-state index contributed by atoms with van der Waals surface area (Å²) in [5.41, 5.74) is 3.98. The fourth-order valence-electron chi connectivity index (χ4n) is 3.97. The second-order valence-corrected chi connectivity index (χ2v) is 8.22. The van der Waals surface area contributed by atoms with Crippen molar-refractivity contribution in [3.63, 3.8) is 0 Å². The second-order valence-electron chi connectivity index (χ2n) is 7.50. The van der Waals surface area contributed by atoms with Gasteiger partial charge in [-0.05, 0) is 11.5 Å². The van der Waals surface area contributed by atoms with Crippen molar-refractivity contribution in [3.8, 4) is 0 Å². The zero-order valence-corrected chi connectivity index (χ0v) is 16.0. The minimum atomic E-state index is -0.300. The van der Waals surface area contributed by atoms with Crippen LogP contribution < -0.4 is 0 Å². The summed E-state index contributed by atoms with van der Waals surface area (Å²) in [6.45, 7) is 6.40. The van der Waals surface area contributed by atoms with Crippen LogP contribution in [0.15, 0.2) is 41.2 Å². The monoisotopic (exact) mass is 371 g/mol. The number of nitrogens with zero attached hydrogens (tertiary/aromatic N) is 3. The van der Waals surface area contributed by atoms with Gasteiger partial charge in [-0.15, -0.1) is 11.3 Å². The molecule has 0 radical (unpaired) electrons. The van der Waals surface area contributed by atoms with Crippen molar-refractivity contribution >= 4 is 17.4 Å². The van der Waals surface area contributed by atoms with Crippen molar-refractivity contribution in [3.05, 3.63) is 52.5 Å².